The Morgan fingerprint density at radius 2 is 2.00 bits per heavy atom. The Bertz CT molecular complexity index is 638. The molecule has 22 heavy (non-hydrogen) atoms. The number of sulfonamides is 1. The van der Waals surface area contributed by atoms with E-state index in [0.717, 1.165) is 16.4 Å². The summed E-state index contributed by atoms with van der Waals surface area (Å²) < 4.78 is 65.1. The normalized spacial score (nSPS) is 20.5. The van der Waals surface area contributed by atoms with Crippen molar-refractivity contribution in [3.63, 3.8) is 0 Å². The summed E-state index contributed by atoms with van der Waals surface area (Å²) >= 11 is 5.56. The van der Waals surface area contributed by atoms with E-state index in [2.05, 4.69) is 5.32 Å². The third-order valence-electron chi connectivity index (χ3n) is 3.20. The molecule has 126 valence electrons. The van der Waals surface area contributed by atoms with Crippen LogP contribution in [0, 0.1) is 0 Å². The van der Waals surface area contributed by atoms with Gasteiger partial charge in [0.1, 0.15) is 0 Å². The number of piperazine rings is 1. The van der Waals surface area contributed by atoms with Gasteiger partial charge in [-0.15, -0.1) is 12.4 Å². The van der Waals surface area contributed by atoms with Crippen LogP contribution in [0.4, 0.5) is 13.2 Å². The molecular weight excluding hydrogens is 364 g/mol. The van der Waals surface area contributed by atoms with Crippen molar-refractivity contribution in [2.75, 3.05) is 19.6 Å². The number of halogens is 5. The van der Waals surface area contributed by atoms with E-state index < -0.39 is 26.7 Å². The molecular formula is C12H15Cl2F3N2O2S. The predicted molar refractivity (Wildman–Crippen MR) is 79.9 cm³/mol. The largest absolute Gasteiger partial charge is 0.417 e. The molecule has 0 bridgehead atoms. The summed E-state index contributed by atoms with van der Waals surface area (Å²) in [5, 5.41) is 2.88. The molecule has 1 saturated heterocycles. The third-order valence-corrected chi connectivity index (χ3v) is 5.35. The smallest absolute Gasteiger partial charge is 0.312 e. The van der Waals surface area contributed by atoms with Gasteiger partial charge in [-0.05, 0) is 25.1 Å². The highest BCUT2D eigenvalue weighted by Gasteiger charge is 2.40. The minimum atomic E-state index is -4.78. The molecule has 0 unspecified atom stereocenters. The second-order valence-corrected chi connectivity index (χ2v) is 7.20. The molecule has 1 aliphatic rings. The SMILES string of the molecule is C[C@H]1CN(S(=O)(=O)c2ccc(Cl)cc2C(F)(F)F)CCN1.Cl. The van der Waals surface area contributed by atoms with Gasteiger partial charge in [0.05, 0.1) is 10.5 Å². The highest BCUT2D eigenvalue weighted by Crippen LogP contribution is 2.37. The Balaban J connectivity index is 0.00000242. The van der Waals surface area contributed by atoms with Crippen molar-refractivity contribution in [3.8, 4) is 0 Å². The number of benzene rings is 1. The van der Waals surface area contributed by atoms with Gasteiger partial charge in [-0.1, -0.05) is 11.6 Å². The molecule has 1 heterocycles. The first kappa shape index (κ1) is 19.5. The maximum Gasteiger partial charge on any atom is 0.417 e. The Morgan fingerprint density at radius 3 is 2.55 bits per heavy atom. The topological polar surface area (TPSA) is 49.4 Å². The maximum absolute atomic E-state index is 13.0. The molecule has 10 heteroatoms. The van der Waals surface area contributed by atoms with Crippen LogP contribution in [0.2, 0.25) is 5.02 Å². The number of hydrogen-bond donors (Lipinski definition) is 1. The number of nitrogens with zero attached hydrogens (tertiary/aromatic N) is 1. The van der Waals surface area contributed by atoms with E-state index in [-0.39, 0.29) is 36.6 Å². The van der Waals surface area contributed by atoms with Crippen LogP contribution in [0.5, 0.6) is 0 Å². The third kappa shape index (κ3) is 4.05. The van der Waals surface area contributed by atoms with Crippen LogP contribution in [-0.4, -0.2) is 38.4 Å². The summed E-state index contributed by atoms with van der Waals surface area (Å²) in [6.45, 7) is 2.43. The van der Waals surface area contributed by atoms with Gasteiger partial charge in [-0.3, -0.25) is 0 Å². The molecule has 0 aromatic heterocycles. The van der Waals surface area contributed by atoms with Gasteiger partial charge in [-0.25, -0.2) is 8.42 Å². The van der Waals surface area contributed by atoms with E-state index in [9.17, 15) is 21.6 Å². The van der Waals surface area contributed by atoms with Crippen molar-refractivity contribution in [3.05, 3.63) is 28.8 Å². The fourth-order valence-corrected chi connectivity index (χ4v) is 4.10. The van der Waals surface area contributed by atoms with Crippen LogP contribution in [-0.2, 0) is 16.2 Å². The Morgan fingerprint density at radius 1 is 1.36 bits per heavy atom. The van der Waals surface area contributed by atoms with E-state index in [0.29, 0.717) is 12.6 Å². The Labute approximate surface area is 138 Å². The van der Waals surface area contributed by atoms with E-state index in [4.69, 9.17) is 11.6 Å². The van der Waals surface area contributed by atoms with Gasteiger partial charge >= 0.3 is 6.18 Å². The first-order valence-electron chi connectivity index (χ1n) is 6.22. The molecule has 0 aliphatic carbocycles. The molecule has 2 rings (SSSR count). The first-order valence-corrected chi connectivity index (χ1v) is 8.04. The number of alkyl halides is 3. The maximum atomic E-state index is 13.0. The first-order chi connectivity index (χ1) is 9.62. The molecule has 1 N–H and O–H groups in total. The van der Waals surface area contributed by atoms with Gasteiger partial charge in [0.2, 0.25) is 10.0 Å². The number of rotatable bonds is 2. The Hall–Kier alpha value is -0.540. The molecule has 0 saturated carbocycles. The van der Waals surface area contributed by atoms with Crippen molar-refractivity contribution in [1.82, 2.24) is 9.62 Å². The molecule has 0 amide bonds. The lowest BCUT2D eigenvalue weighted by Crippen LogP contribution is -2.51. The molecule has 1 fully saturated rings. The second-order valence-electron chi connectivity index (χ2n) is 4.86. The van der Waals surface area contributed by atoms with E-state index in [1.165, 1.54) is 0 Å². The van der Waals surface area contributed by atoms with Crippen molar-refractivity contribution in [1.29, 1.82) is 0 Å². The van der Waals surface area contributed by atoms with Crippen LogP contribution in [0.25, 0.3) is 0 Å². The summed E-state index contributed by atoms with van der Waals surface area (Å²) in [7, 11) is -4.21. The van der Waals surface area contributed by atoms with E-state index in [1.807, 2.05) is 0 Å². The highest BCUT2D eigenvalue weighted by atomic mass is 35.5. The molecule has 1 aromatic carbocycles. The van der Waals surface area contributed by atoms with Gasteiger partial charge in [0.15, 0.2) is 0 Å². The summed E-state index contributed by atoms with van der Waals surface area (Å²) in [6, 6.07) is 2.58. The van der Waals surface area contributed by atoms with E-state index >= 15 is 0 Å². The summed E-state index contributed by atoms with van der Waals surface area (Å²) in [6.07, 6.45) is -4.78. The number of nitrogens with one attached hydrogen (secondary N) is 1. The highest BCUT2D eigenvalue weighted by molar-refractivity contribution is 7.89. The lowest BCUT2D eigenvalue weighted by Gasteiger charge is -2.31. The van der Waals surface area contributed by atoms with Gasteiger partial charge in [0, 0.05) is 30.7 Å². The fourth-order valence-electron chi connectivity index (χ4n) is 2.20. The van der Waals surface area contributed by atoms with E-state index in [1.54, 1.807) is 6.92 Å². The minimum Gasteiger partial charge on any atom is -0.312 e. The van der Waals surface area contributed by atoms with Gasteiger partial charge < -0.3 is 5.32 Å². The standard InChI is InChI=1S/C12H14ClF3N2O2S.ClH/c1-8-7-18(5-4-17-8)21(19,20)11-3-2-9(13)6-10(11)12(14,15)16;/h2-3,6,8,17H,4-5,7H2,1H3;1H/t8-;/m0./s1. The van der Waals surface area contributed by atoms with Crippen LogP contribution in [0.1, 0.15) is 12.5 Å². The van der Waals surface area contributed by atoms with Crippen molar-refractivity contribution < 1.29 is 21.6 Å². The molecule has 4 nitrogen and oxygen atoms in total. The minimum absolute atomic E-state index is 0. The molecule has 0 spiro atoms. The average Bonchev–Trinajstić information content (AvgIpc) is 2.37. The Kier molecular flexibility index (Phi) is 6.14. The summed E-state index contributed by atoms with van der Waals surface area (Å²) in [4.78, 5) is -0.756. The molecule has 1 aliphatic heterocycles. The van der Waals surface area contributed by atoms with Crippen molar-refractivity contribution in [2.24, 2.45) is 0 Å². The zero-order valence-corrected chi connectivity index (χ0v) is 13.9. The van der Waals surface area contributed by atoms with Gasteiger partial charge in [0.25, 0.3) is 0 Å². The lowest BCUT2D eigenvalue weighted by molar-refractivity contribution is -0.139. The fraction of sp³-hybridized carbons (Fsp3) is 0.500. The van der Waals surface area contributed by atoms with Crippen LogP contribution >= 0.6 is 24.0 Å². The molecule has 1 atom stereocenters. The van der Waals surface area contributed by atoms with Crippen LogP contribution in [0.15, 0.2) is 23.1 Å². The van der Waals surface area contributed by atoms with Crippen molar-refractivity contribution >= 4 is 34.0 Å². The van der Waals surface area contributed by atoms with Crippen molar-refractivity contribution in [2.45, 2.75) is 24.0 Å². The molecule has 1 aromatic rings. The summed E-state index contributed by atoms with van der Waals surface area (Å²) in [5.74, 6) is 0. The average molecular weight is 379 g/mol. The monoisotopic (exact) mass is 378 g/mol. The number of hydrogen-bond acceptors (Lipinski definition) is 3. The lowest BCUT2D eigenvalue weighted by atomic mass is 10.2. The summed E-state index contributed by atoms with van der Waals surface area (Å²) in [5.41, 5.74) is -1.24. The van der Waals surface area contributed by atoms with Crippen LogP contribution < -0.4 is 5.32 Å². The zero-order chi connectivity index (χ0) is 15.8. The zero-order valence-electron chi connectivity index (χ0n) is 11.5. The quantitative estimate of drug-likeness (QED) is 0.860. The van der Waals surface area contributed by atoms with Gasteiger partial charge in [-0.2, -0.15) is 17.5 Å². The predicted octanol–water partition coefficient (Wildman–Crippen LogP) is 2.76. The molecule has 0 radical (unpaired) electrons. The second kappa shape index (κ2) is 6.92. The van der Waals surface area contributed by atoms with Crippen LogP contribution in [0.3, 0.4) is 0 Å².